The Hall–Kier alpha value is -2.43. The van der Waals surface area contributed by atoms with Gasteiger partial charge < -0.3 is 19.4 Å². The number of aryl methyl sites for hydroxylation is 1. The lowest BCUT2D eigenvalue weighted by Crippen LogP contribution is -2.35. The van der Waals surface area contributed by atoms with Gasteiger partial charge in [0.25, 0.3) is 0 Å². The number of imidazole rings is 1. The van der Waals surface area contributed by atoms with Crippen LogP contribution in [0.15, 0.2) is 0 Å². The number of nitriles is 1. The van der Waals surface area contributed by atoms with E-state index in [1.807, 2.05) is 0 Å². The number of nitrogens with zero attached hydrogens (tertiary/aromatic N) is 4. The number of aromatic nitrogens is 2. The maximum absolute atomic E-state index is 11.9. The summed E-state index contributed by atoms with van der Waals surface area (Å²) in [7, 11) is 1.51. The van der Waals surface area contributed by atoms with Gasteiger partial charge >= 0.3 is 11.8 Å². The highest BCUT2D eigenvalue weighted by molar-refractivity contribution is 5.86. The molecule has 102 valence electrons. The third kappa shape index (κ3) is 2.27. The number of ether oxygens (including phenoxy) is 1. The molecule has 1 heterocycles. The summed E-state index contributed by atoms with van der Waals surface area (Å²) >= 11 is 0. The summed E-state index contributed by atoms with van der Waals surface area (Å²) in [6.07, 6.45) is 0. The molecule has 0 fully saturated rings. The fraction of sp³-hybridized carbons (Fsp3) is 0.545. The zero-order valence-electron chi connectivity index (χ0n) is 11.1. The number of carbonyl (C=O) groups excluding carboxylic acids is 1. The highest BCUT2D eigenvalue weighted by Crippen LogP contribution is 2.32. The van der Waals surface area contributed by atoms with Crippen molar-refractivity contribution >= 4 is 11.8 Å². The number of esters is 1. The molecule has 0 amide bonds. The van der Waals surface area contributed by atoms with Gasteiger partial charge in [-0.15, -0.1) is 0 Å². The third-order valence-corrected chi connectivity index (χ3v) is 2.85. The Bertz CT molecular complexity index is 572. The van der Waals surface area contributed by atoms with Gasteiger partial charge in [0.15, 0.2) is 11.1 Å². The van der Waals surface area contributed by atoms with E-state index >= 15 is 0 Å². The Morgan fingerprint density at radius 3 is 2.68 bits per heavy atom. The predicted octanol–water partition coefficient (Wildman–Crippen LogP) is 0.981. The fourth-order valence-corrected chi connectivity index (χ4v) is 1.75. The van der Waals surface area contributed by atoms with Crippen molar-refractivity contribution in [3.63, 3.8) is 0 Å². The van der Waals surface area contributed by atoms with Crippen molar-refractivity contribution in [3.05, 3.63) is 21.6 Å². The molecule has 0 aliphatic rings. The van der Waals surface area contributed by atoms with Crippen molar-refractivity contribution in [2.75, 3.05) is 6.61 Å². The van der Waals surface area contributed by atoms with E-state index in [1.165, 1.54) is 18.5 Å². The zero-order valence-corrected chi connectivity index (χ0v) is 11.1. The first-order chi connectivity index (χ1) is 8.79. The quantitative estimate of drug-likeness (QED) is 0.456. The van der Waals surface area contributed by atoms with Crippen molar-refractivity contribution in [1.29, 1.82) is 5.26 Å². The average molecular weight is 266 g/mol. The van der Waals surface area contributed by atoms with Gasteiger partial charge in [-0.25, -0.2) is 4.79 Å². The molecule has 0 saturated carbocycles. The fourth-order valence-electron chi connectivity index (χ4n) is 1.75. The van der Waals surface area contributed by atoms with Gasteiger partial charge in [-0.1, -0.05) is 0 Å². The summed E-state index contributed by atoms with van der Waals surface area (Å²) in [4.78, 5) is 26.0. The largest absolute Gasteiger partial charge is 0.465 e. The summed E-state index contributed by atoms with van der Waals surface area (Å²) in [6.45, 7) is 4.52. The van der Waals surface area contributed by atoms with E-state index in [4.69, 9.17) is 4.74 Å². The van der Waals surface area contributed by atoms with E-state index < -0.39 is 22.1 Å². The normalized spacial score (nSPS) is 13.4. The van der Waals surface area contributed by atoms with E-state index in [1.54, 1.807) is 19.9 Å². The van der Waals surface area contributed by atoms with E-state index in [9.17, 15) is 20.2 Å². The van der Waals surface area contributed by atoms with Gasteiger partial charge in [0.1, 0.15) is 0 Å². The highest BCUT2D eigenvalue weighted by Gasteiger charge is 2.46. The van der Waals surface area contributed by atoms with Crippen LogP contribution in [0.5, 0.6) is 0 Å². The van der Waals surface area contributed by atoms with E-state index in [2.05, 4.69) is 4.98 Å². The second-order valence-corrected chi connectivity index (χ2v) is 4.10. The Balaban J connectivity index is 3.54. The molecule has 0 bridgehead atoms. The summed E-state index contributed by atoms with van der Waals surface area (Å²) in [5.41, 5.74) is -1.84. The van der Waals surface area contributed by atoms with Crippen molar-refractivity contribution in [2.24, 2.45) is 7.05 Å². The maximum Gasteiger partial charge on any atom is 0.387 e. The Morgan fingerprint density at radius 1 is 1.68 bits per heavy atom. The van der Waals surface area contributed by atoms with E-state index in [0.29, 0.717) is 5.82 Å². The van der Waals surface area contributed by atoms with Crippen LogP contribution < -0.4 is 0 Å². The van der Waals surface area contributed by atoms with Crippen molar-refractivity contribution in [3.8, 4) is 6.07 Å². The maximum atomic E-state index is 11.9. The van der Waals surface area contributed by atoms with Crippen LogP contribution >= 0.6 is 0 Å². The molecule has 19 heavy (non-hydrogen) atoms. The van der Waals surface area contributed by atoms with Crippen LogP contribution in [0.2, 0.25) is 0 Å². The number of hydrogen-bond donors (Lipinski definition) is 0. The SMILES string of the molecule is CCOC(=O)C(C)(C#N)c1c([N+](=O)[O-])nc(C)n1C. The molecule has 0 spiro atoms. The lowest BCUT2D eigenvalue weighted by atomic mass is 9.88. The molecule has 0 aromatic carbocycles. The second kappa shape index (κ2) is 5.06. The van der Waals surface area contributed by atoms with Crippen LogP contribution in [-0.2, 0) is 22.0 Å². The number of rotatable bonds is 4. The molecule has 1 atom stereocenters. The van der Waals surface area contributed by atoms with Crippen LogP contribution in [0.1, 0.15) is 25.4 Å². The van der Waals surface area contributed by atoms with Gasteiger partial charge in [-0.05, 0) is 23.8 Å². The van der Waals surface area contributed by atoms with Crippen molar-refractivity contribution in [2.45, 2.75) is 26.2 Å². The lowest BCUT2D eigenvalue weighted by molar-refractivity contribution is -0.390. The molecular weight excluding hydrogens is 252 g/mol. The van der Waals surface area contributed by atoms with Crippen molar-refractivity contribution < 1.29 is 14.5 Å². The smallest absolute Gasteiger partial charge is 0.387 e. The second-order valence-electron chi connectivity index (χ2n) is 4.10. The van der Waals surface area contributed by atoms with Gasteiger partial charge in [0.05, 0.1) is 12.7 Å². The number of carbonyl (C=O) groups is 1. The summed E-state index contributed by atoms with van der Waals surface area (Å²) < 4.78 is 6.19. The van der Waals surface area contributed by atoms with E-state index in [0.717, 1.165) is 0 Å². The van der Waals surface area contributed by atoms with Gasteiger partial charge in [-0.3, -0.25) is 0 Å². The first kappa shape index (κ1) is 14.6. The van der Waals surface area contributed by atoms with Crippen LogP contribution in [0.4, 0.5) is 5.82 Å². The topological polar surface area (TPSA) is 111 Å². The standard InChI is InChI=1S/C11H14N4O4/c1-5-19-10(16)11(3,6-12)8-9(15(17)18)13-7(2)14(8)4/h5H2,1-4H3. The lowest BCUT2D eigenvalue weighted by Gasteiger charge is -2.19. The molecule has 8 heteroatoms. The predicted molar refractivity (Wildman–Crippen MR) is 64.2 cm³/mol. The average Bonchev–Trinajstić information content (AvgIpc) is 2.66. The van der Waals surface area contributed by atoms with Gasteiger partial charge in [0.2, 0.25) is 5.82 Å². The van der Waals surface area contributed by atoms with Gasteiger partial charge in [-0.2, -0.15) is 5.26 Å². The Labute approximate surface area is 109 Å². The van der Waals surface area contributed by atoms with Crippen LogP contribution in [0, 0.1) is 28.4 Å². The van der Waals surface area contributed by atoms with Crippen LogP contribution in [0.3, 0.4) is 0 Å². The molecule has 0 N–H and O–H groups in total. The molecule has 0 radical (unpaired) electrons. The summed E-state index contributed by atoms with van der Waals surface area (Å²) in [5, 5.41) is 20.3. The summed E-state index contributed by atoms with van der Waals surface area (Å²) in [5.74, 6) is -0.992. The minimum Gasteiger partial charge on any atom is -0.465 e. The molecule has 1 rings (SSSR count). The Morgan fingerprint density at radius 2 is 2.26 bits per heavy atom. The Kier molecular flexibility index (Phi) is 3.89. The monoisotopic (exact) mass is 266 g/mol. The molecule has 1 aromatic heterocycles. The molecule has 8 nitrogen and oxygen atoms in total. The molecule has 0 saturated heterocycles. The number of hydrogen-bond acceptors (Lipinski definition) is 6. The minimum absolute atomic E-state index is 0.0732. The van der Waals surface area contributed by atoms with Crippen LogP contribution in [0.25, 0.3) is 0 Å². The third-order valence-electron chi connectivity index (χ3n) is 2.85. The first-order valence-electron chi connectivity index (χ1n) is 5.56. The molecule has 0 aliphatic heterocycles. The first-order valence-corrected chi connectivity index (χ1v) is 5.56. The summed E-state index contributed by atoms with van der Waals surface area (Å²) in [6, 6.07) is 1.79. The number of nitro groups is 1. The van der Waals surface area contributed by atoms with E-state index in [-0.39, 0.29) is 12.3 Å². The molecule has 0 aliphatic carbocycles. The highest BCUT2D eigenvalue weighted by atomic mass is 16.6. The molecule has 1 aromatic rings. The minimum atomic E-state index is -1.77. The molecular formula is C11H14N4O4. The van der Waals surface area contributed by atoms with Crippen molar-refractivity contribution in [1.82, 2.24) is 9.55 Å². The zero-order chi connectivity index (χ0) is 14.8. The van der Waals surface area contributed by atoms with Crippen LogP contribution in [-0.4, -0.2) is 27.1 Å². The molecule has 1 unspecified atom stereocenters. The van der Waals surface area contributed by atoms with Gasteiger partial charge in [0, 0.05) is 14.0 Å².